The van der Waals surface area contributed by atoms with E-state index < -0.39 is 0 Å². The lowest BCUT2D eigenvalue weighted by Gasteiger charge is -2.39. The molecule has 1 saturated heterocycles. The Kier molecular flexibility index (Phi) is 3.68. The predicted molar refractivity (Wildman–Crippen MR) is 77.7 cm³/mol. The molecule has 2 amide bonds. The number of nitrogens with one attached hydrogen (secondary N) is 2. The van der Waals surface area contributed by atoms with E-state index in [4.69, 9.17) is 5.11 Å². The molecule has 3 N–H and O–H groups in total. The van der Waals surface area contributed by atoms with Crippen LogP contribution >= 0.6 is 0 Å². The maximum absolute atomic E-state index is 12.2. The summed E-state index contributed by atoms with van der Waals surface area (Å²) < 4.78 is 0. The van der Waals surface area contributed by atoms with Gasteiger partial charge in [-0.25, -0.2) is 0 Å². The topological polar surface area (TPSA) is 78.4 Å². The van der Waals surface area contributed by atoms with Crippen LogP contribution in [0.25, 0.3) is 0 Å². The average Bonchev–Trinajstić information content (AvgIpc) is 2.50. The van der Waals surface area contributed by atoms with Crippen LogP contribution in [0.2, 0.25) is 0 Å². The molecule has 1 aliphatic carbocycles. The summed E-state index contributed by atoms with van der Waals surface area (Å²) in [6.07, 6.45) is 4.42. The molecular weight excluding hydrogens is 268 g/mol. The van der Waals surface area contributed by atoms with E-state index in [9.17, 15) is 9.59 Å². The number of aliphatic hydroxyl groups is 1. The molecule has 1 aromatic carbocycles. The normalized spacial score (nSPS) is 24.3. The lowest BCUT2D eigenvalue weighted by molar-refractivity contribution is -0.134. The second-order valence-corrected chi connectivity index (χ2v) is 5.96. The summed E-state index contributed by atoms with van der Waals surface area (Å²) in [5.74, 6) is -0.0857. The van der Waals surface area contributed by atoms with Crippen LogP contribution in [0.4, 0.5) is 0 Å². The maximum Gasteiger partial charge on any atom is 0.253 e. The van der Waals surface area contributed by atoms with E-state index in [0.717, 1.165) is 44.2 Å². The van der Waals surface area contributed by atoms with Crippen molar-refractivity contribution in [3.8, 4) is 0 Å². The molecule has 1 aliphatic heterocycles. The third-order valence-electron chi connectivity index (χ3n) is 4.71. The van der Waals surface area contributed by atoms with Gasteiger partial charge < -0.3 is 15.7 Å². The van der Waals surface area contributed by atoms with Crippen molar-refractivity contribution in [3.05, 3.63) is 34.9 Å². The van der Waals surface area contributed by atoms with Crippen LogP contribution in [0, 0.1) is 5.41 Å². The minimum atomic E-state index is -0.362. The fraction of sp³-hybridized carbons (Fsp3) is 0.500. The summed E-state index contributed by atoms with van der Waals surface area (Å²) in [5.41, 5.74) is 2.62. The molecule has 1 fully saturated rings. The maximum atomic E-state index is 12.2. The Hall–Kier alpha value is -1.88. The average molecular weight is 288 g/mol. The molecule has 2 aliphatic rings. The molecule has 1 atom stereocenters. The number of fused-ring (bicyclic) bond motifs is 1. The molecule has 1 spiro atoms. The first-order chi connectivity index (χ1) is 10.1. The van der Waals surface area contributed by atoms with E-state index in [1.807, 2.05) is 12.1 Å². The highest BCUT2D eigenvalue weighted by molar-refractivity contribution is 5.94. The molecule has 5 heteroatoms. The van der Waals surface area contributed by atoms with Gasteiger partial charge in [-0.3, -0.25) is 9.59 Å². The van der Waals surface area contributed by atoms with Gasteiger partial charge in [0.1, 0.15) is 6.73 Å². The van der Waals surface area contributed by atoms with Crippen molar-refractivity contribution in [2.75, 3.05) is 13.3 Å². The Labute approximate surface area is 123 Å². The lowest BCUT2D eigenvalue weighted by atomic mass is 9.67. The third kappa shape index (κ3) is 2.53. The molecule has 0 bridgehead atoms. The minimum absolute atomic E-state index is 0.182. The molecule has 0 aromatic heterocycles. The second-order valence-electron chi connectivity index (χ2n) is 5.96. The summed E-state index contributed by atoms with van der Waals surface area (Å²) in [6.45, 7) is 0.424. The first-order valence-electron chi connectivity index (χ1n) is 7.44. The molecule has 0 saturated carbocycles. The number of carbonyl (C=O) groups is 2. The number of amides is 2. The number of benzene rings is 1. The Balaban J connectivity index is 1.84. The van der Waals surface area contributed by atoms with Crippen LogP contribution in [-0.4, -0.2) is 30.2 Å². The summed E-state index contributed by atoms with van der Waals surface area (Å²) in [7, 11) is 0. The number of hydrogen-bond donors (Lipinski definition) is 3. The summed E-state index contributed by atoms with van der Waals surface area (Å²) >= 11 is 0. The van der Waals surface area contributed by atoms with E-state index in [1.165, 1.54) is 5.56 Å². The molecule has 1 heterocycles. The number of carbonyl (C=O) groups excluding carboxylic acids is 2. The zero-order valence-electron chi connectivity index (χ0n) is 11.9. The largest absolute Gasteiger partial charge is 0.376 e. The SMILES string of the molecule is O=C(NCO)c1ccc2c(c1)CC[C@@]1(CCCNC1=O)C2. The van der Waals surface area contributed by atoms with E-state index in [2.05, 4.69) is 10.6 Å². The number of aliphatic hydroxyl groups excluding tert-OH is 1. The highest BCUT2D eigenvalue weighted by atomic mass is 16.3. The summed E-state index contributed by atoms with van der Waals surface area (Å²) in [6, 6.07) is 5.60. The van der Waals surface area contributed by atoms with E-state index in [-0.39, 0.29) is 24.0 Å². The Morgan fingerprint density at radius 1 is 1.33 bits per heavy atom. The fourth-order valence-corrected chi connectivity index (χ4v) is 3.51. The van der Waals surface area contributed by atoms with Gasteiger partial charge in [-0.1, -0.05) is 6.07 Å². The number of aryl methyl sites for hydroxylation is 1. The molecular formula is C16H20N2O3. The molecule has 0 unspecified atom stereocenters. The van der Waals surface area contributed by atoms with E-state index in [1.54, 1.807) is 6.07 Å². The molecule has 1 aromatic rings. The van der Waals surface area contributed by atoms with Gasteiger partial charge in [-0.05, 0) is 55.4 Å². The first kappa shape index (κ1) is 14.1. The quantitative estimate of drug-likeness (QED) is 0.703. The highest BCUT2D eigenvalue weighted by Crippen LogP contribution is 2.41. The number of piperidine rings is 1. The van der Waals surface area contributed by atoms with Crippen molar-refractivity contribution in [2.45, 2.75) is 32.1 Å². The third-order valence-corrected chi connectivity index (χ3v) is 4.71. The van der Waals surface area contributed by atoms with Crippen LogP contribution in [0.1, 0.15) is 40.7 Å². The van der Waals surface area contributed by atoms with Gasteiger partial charge in [0.05, 0.1) is 5.41 Å². The van der Waals surface area contributed by atoms with Crippen LogP contribution < -0.4 is 10.6 Å². The molecule has 5 nitrogen and oxygen atoms in total. The lowest BCUT2D eigenvalue weighted by Crippen LogP contribution is -2.48. The Morgan fingerprint density at radius 3 is 2.95 bits per heavy atom. The van der Waals surface area contributed by atoms with Gasteiger partial charge >= 0.3 is 0 Å². The molecule has 3 rings (SSSR count). The van der Waals surface area contributed by atoms with Crippen molar-refractivity contribution in [1.82, 2.24) is 10.6 Å². The van der Waals surface area contributed by atoms with Gasteiger partial charge in [-0.2, -0.15) is 0 Å². The van der Waals surface area contributed by atoms with Gasteiger partial charge in [-0.15, -0.1) is 0 Å². The number of hydrogen-bond acceptors (Lipinski definition) is 3. The fourth-order valence-electron chi connectivity index (χ4n) is 3.51. The van der Waals surface area contributed by atoms with Crippen LogP contribution in [0.15, 0.2) is 18.2 Å². The van der Waals surface area contributed by atoms with Crippen molar-refractivity contribution in [1.29, 1.82) is 0 Å². The van der Waals surface area contributed by atoms with E-state index >= 15 is 0 Å². The van der Waals surface area contributed by atoms with Crippen molar-refractivity contribution in [3.63, 3.8) is 0 Å². The van der Waals surface area contributed by atoms with Crippen molar-refractivity contribution in [2.24, 2.45) is 5.41 Å². The minimum Gasteiger partial charge on any atom is -0.376 e. The van der Waals surface area contributed by atoms with Gasteiger partial charge in [0.25, 0.3) is 5.91 Å². The zero-order chi connectivity index (χ0) is 14.9. The molecule has 112 valence electrons. The first-order valence-corrected chi connectivity index (χ1v) is 7.44. The number of rotatable bonds is 2. The van der Waals surface area contributed by atoms with E-state index in [0.29, 0.717) is 5.56 Å². The predicted octanol–water partition coefficient (Wildman–Crippen LogP) is 0.751. The summed E-state index contributed by atoms with van der Waals surface area (Å²) in [5, 5.41) is 14.1. The van der Waals surface area contributed by atoms with Crippen LogP contribution in [-0.2, 0) is 17.6 Å². The van der Waals surface area contributed by atoms with Crippen LogP contribution in [0.5, 0.6) is 0 Å². The highest BCUT2D eigenvalue weighted by Gasteiger charge is 2.42. The smallest absolute Gasteiger partial charge is 0.253 e. The standard InChI is InChI=1S/C16H20N2O3/c19-10-18-14(20)12-2-3-13-9-16(6-4-11(13)8-12)5-1-7-17-15(16)21/h2-3,8,19H,1,4-7,9-10H2,(H,17,21)(H,18,20)/t16-/m0/s1. The monoisotopic (exact) mass is 288 g/mol. The van der Waals surface area contributed by atoms with Crippen LogP contribution in [0.3, 0.4) is 0 Å². The molecule has 21 heavy (non-hydrogen) atoms. The Bertz CT molecular complexity index is 585. The molecule has 0 radical (unpaired) electrons. The Morgan fingerprint density at radius 2 is 2.19 bits per heavy atom. The van der Waals surface area contributed by atoms with Gasteiger partial charge in [0, 0.05) is 12.1 Å². The van der Waals surface area contributed by atoms with Gasteiger partial charge in [0.2, 0.25) is 5.91 Å². The van der Waals surface area contributed by atoms with Gasteiger partial charge in [0.15, 0.2) is 0 Å². The summed E-state index contributed by atoms with van der Waals surface area (Å²) in [4.78, 5) is 24.0. The van der Waals surface area contributed by atoms with Crippen molar-refractivity contribution < 1.29 is 14.7 Å². The second kappa shape index (κ2) is 5.48. The zero-order valence-corrected chi connectivity index (χ0v) is 11.9. The van der Waals surface area contributed by atoms with Crippen molar-refractivity contribution >= 4 is 11.8 Å².